The Hall–Kier alpha value is -1.76. The number of nitrogen functional groups attached to an aromatic ring is 1. The third-order valence-corrected chi connectivity index (χ3v) is 4.53. The molecule has 0 bridgehead atoms. The number of β-amino-alcohol motifs (C(OH)–C–C–N with tert-alkyl or cyclic N) is 1. The van der Waals surface area contributed by atoms with E-state index in [1.807, 2.05) is 6.92 Å². The van der Waals surface area contributed by atoms with E-state index in [1.54, 1.807) is 4.90 Å². The van der Waals surface area contributed by atoms with Crippen molar-refractivity contribution in [3.05, 3.63) is 20.8 Å². The minimum absolute atomic E-state index is 0.204. The Balaban J connectivity index is 1.88. The third-order valence-electron chi connectivity index (χ3n) is 4.53. The van der Waals surface area contributed by atoms with Crippen molar-refractivity contribution in [1.82, 2.24) is 9.55 Å². The highest BCUT2D eigenvalue weighted by Gasteiger charge is 2.52. The van der Waals surface area contributed by atoms with Gasteiger partial charge in [0.25, 0.3) is 5.56 Å². The Kier molecular flexibility index (Phi) is 3.32. The van der Waals surface area contributed by atoms with Crippen LogP contribution in [0.25, 0.3) is 0 Å². The number of aromatic amines is 1. The van der Waals surface area contributed by atoms with Crippen LogP contribution in [0.3, 0.4) is 0 Å². The van der Waals surface area contributed by atoms with Gasteiger partial charge in [-0.15, -0.1) is 0 Å². The van der Waals surface area contributed by atoms with Crippen molar-refractivity contribution >= 4 is 11.5 Å². The van der Waals surface area contributed by atoms with Crippen LogP contribution in [-0.4, -0.2) is 33.3 Å². The van der Waals surface area contributed by atoms with Crippen molar-refractivity contribution in [1.29, 1.82) is 0 Å². The number of H-pyrrole nitrogens is 1. The summed E-state index contributed by atoms with van der Waals surface area (Å²) in [5, 5.41) is 10.4. The number of hydrogen-bond donors (Lipinski definition) is 3. The molecule has 0 spiro atoms. The topological polar surface area (TPSA) is 104 Å². The zero-order valence-corrected chi connectivity index (χ0v) is 12.3. The van der Waals surface area contributed by atoms with Gasteiger partial charge in [-0.1, -0.05) is 13.3 Å². The van der Waals surface area contributed by atoms with E-state index in [0.717, 1.165) is 25.7 Å². The SMILES string of the molecule is CCCCn1c(N)c(N2CC(O)(C3CC3)C2)c(=O)[nH]c1=O. The number of nitrogens with two attached hydrogens (primary N) is 1. The van der Waals surface area contributed by atoms with Crippen molar-refractivity contribution in [2.45, 2.75) is 44.8 Å². The Morgan fingerprint density at radius 2 is 2.05 bits per heavy atom. The molecule has 1 aliphatic heterocycles. The molecule has 0 atom stereocenters. The molecule has 1 aromatic heterocycles. The van der Waals surface area contributed by atoms with Gasteiger partial charge >= 0.3 is 5.69 Å². The Bertz CT molecular complexity index is 653. The molecule has 7 heteroatoms. The van der Waals surface area contributed by atoms with E-state index in [4.69, 9.17) is 5.73 Å². The Morgan fingerprint density at radius 3 is 2.62 bits per heavy atom. The quantitative estimate of drug-likeness (QED) is 0.702. The maximum absolute atomic E-state index is 12.0. The molecule has 0 unspecified atom stereocenters. The molecule has 0 aromatic carbocycles. The summed E-state index contributed by atoms with van der Waals surface area (Å²) >= 11 is 0. The minimum Gasteiger partial charge on any atom is -0.386 e. The number of anilines is 2. The summed E-state index contributed by atoms with van der Waals surface area (Å²) in [6.07, 6.45) is 3.85. The summed E-state index contributed by atoms with van der Waals surface area (Å²) in [5.41, 5.74) is 4.73. The molecule has 2 fully saturated rings. The molecule has 0 radical (unpaired) electrons. The summed E-state index contributed by atoms with van der Waals surface area (Å²) in [5.74, 6) is 0.551. The van der Waals surface area contributed by atoms with E-state index in [9.17, 15) is 14.7 Å². The average molecular weight is 294 g/mol. The zero-order valence-electron chi connectivity index (χ0n) is 12.3. The van der Waals surface area contributed by atoms with Gasteiger partial charge < -0.3 is 15.7 Å². The summed E-state index contributed by atoms with van der Waals surface area (Å²) in [6, 6.07) is 0. The monoisotopic (exact) mass is 294 g/mol. The molecule has 4 N–H and O–H groups in total. The predicted molar refractivity (Wildman–Crippen MR) is 80.5 cm³/mol. The molecule has 21 heavy (non-hydrogen) atoms. The molecule has 0 amide bonds. The second-order valence-electron chi connectivity index (χ2n) is 6.23. The molecule has 116 valence electrons. The fraction of sp³-hybridized carbons (Fsp3) is 0.714. The highest BCUT2D eigenvalue weighted by atomic mass is 16.3. The lowest BCUT2D eigenvalue weighted by atomic mass is 9.88. The first-order chi connectivity index (χ1) is 9.96. The van der Waals surface area contributed by atoms with E-state index >= 15 is 0 Å². The van der Waals surface area contributed by atoms with Crippen LogP contribution in [0, 0.1) is 5.92 Å². The second kappa shape index (κ2) is 4.91. The van der Waals surface area contributed by atoms with Crippen LogP contribution in [0.2, 0.25) is 0 Å². The molecule has 1 saturated heterocycles. The molecule has 1 aliphatic carbocycles. The Morgan fingerprint density at radius 1 is 1.38 bits per heavy atom. The first-order valence-corrected chi connectivity index (χ1v) is 7.56. The fourth-order valence-electron chi connectivity index (χ4n) is 3.07. The highest BCUT2D eigenvalue weighted by molar-refractivity contribution is 5.64. The molecule has 1 aromatic rings. The highest BCUT2D eigenvalue weighted by Crippen LogP contribution is 2.45. The number of nitrogens with zero attached hydrogens (tertiary/aromatic N) is 2. The van der Waals surface area contributed by atoms with Gasteiger partial charge in [0.15, 0.2) is 0 Å². The van der Waals surface area contributed by atoms with E-state index in [-0.39, 0.29) is 5.82 Å². The lowest BCUT2D eigenvalue weighted by Gasteiger charge is -2.48. The maximum Gasteiger partial charge on any atom is 0.330 e. The lowest BCUT2D eigenvalue weighted by Crippen LogP contribution is -2.64. The number of hydrogen-bond acceptors (Lipinski definition) is 5. The van der Waals surface area contributed by atoms with E-state index in [0.29, 0.717) is 31.2 Å². The van der Waals surface area contributed by atoms with E-state index in [1.165, 1.54) is 4.57 Å². The summed E-state index contributed by atoms with van der Waals surface area (Å²) in [4.78, 5) is 28.0. The molecular weight excluding hydrogens is 272 g/mol. The molecule has 7 nitrogen and oxygen atoms in total. The molecular formula is C14H22N4O3. The van der Waals surface area contributed by atoms with Gasteiger partial charge in [0.05, 0.1) is 0 Å². The van der Waals surface area contributed by atoms with Crippen LogP contribution in [0.4, 0.5) is 11.5 Å². The minimum atomic E-state index is -0.691. The zero-order chi connectivity index (χ0) is 15.2. The van der Waals surface area contributed by atoms with Gasteiger partial charge in [-0.2, -0.15) is 0 Å². The van der Waals surface area contributed by atoms with Crippen LogP contribution in [0.5, 0.6) is 0 Å². The third kappa shape index (κ3) is 2.35. The van der Waals surface area contributed by atoms with Gasteiger partial charge in [0.2, 0.25) is 0 Å². The summed E-state index contributed by atoms with van der Waals surface area (Å²) in [6.45, 7) is 3.35. The average Bonchev–Trinajstić information content (AvgIpc) is 3.20. The standard InChI is InChI=1S/C14H22N4O3/c1-2-3-6-18-11(15)10(12(19)16-13(18)20)17-7-14(21,8-17)9-4-5-9/h9,21H,2-8,15H2,1H3,(H,16,19,20). The van der Waals surface area contributed by atoms with Crippen molar-refractivity contribution in [3.8, 4) is 0 Å². The number of rotatable bonds is 5. The van der Waals surface area contributed by atoms with Gasteiger partial charge in [0, 0.05) is 19.6 Å². The van der Waals surface area contributed by atoms with Crippen LogP contribution in [-0.2, 0) is 6.54 Å². The van der Waals surface area contributed by atoms with Crippen molar-refractivity contribution < 1.29 is 5.11 Å². The summed E-state index contributed by atoms with van der Waals surface area (Å²) in [7, 11) is 0. The van der Waals surface area contributed by atoms with Crippen molar-refractivity contribution in [2.75, 3.05) is 23.7 Å². The van der Waals surface area contributed by atoms with Crippen LogP contribution in [0.15, 0.2) is 9.59 Å². The fourth-order valence-corrected chi connectivity index (χ4v) is 3.07. The van der Waals surface area contributed by atoms with Crippen LogP contribution in [0.1, 0.15) is 32.6 Å². The molecule has 2 heterocycles. The largest absolute Gasteiger partial charge is 0.386 e. The number of unbranched alkanes of at least 4 members (excludes halogenated alkanes) is 1. The van der Waals surface area contributed by atoms with E-state index < -0.39 is 16.9 Å². The van der Waals surface area contributed by atoms with Gasteiger partial charge in [-0.05, 0) is 25.2 Å². The molecule has 3 rings (SSSR count). The van der Waals surface area contributed by atoms with Crippen molar-refractivity contribution in [3.63, 3.8) is 0 Å². The van der Waals surface area contributed by atoms with E-state index in [2.05, 4.69) is 4.98 Å². The van der Waals surface area contributed by atoms with Crippen molar-refractivity contribution in [2.24, 2.45) is 5.92 Å². The lowest BCUT2D eigenvalue weighted by molar-refractivity contribution is -0.00941. The van der Waals surface area contributed by atoms with Crippen LogP contribution >= 0.6 is 0 Å². The normalized spacial score (nSPS) is 20.4. The smallest absolute Gasteiger partial charge is 0.330 e. The van der Waals surface area contributed by atoms with Crippen LogP contribution < -0.4 is 21.9 Å². The van der Waals surface area contributed by atoms with Gasteiger partial charge in [0.1, 0.15) is 17.1 Å². The molecule has 2 aliphatic rings. The number of nitrogens with one attached hydrogen (secondary N) is 1. The predicted octanol–water partition coefficient (Wildman–Crippen LogP) is -0.120. The second-order valence-corrected chi connectivity index (χ2v) is 6.23. The first-order valence-electron chi connectivity index (χ1n) is 7.56. The number of aromatic nitrogens is 2. The summed E-state index contributed by atoms with van der Waals surface area (Å²) < 4.78 is 1.41. The molecule has 1 saturated carbocycles. The number of aliphatic hydroxyl groups is 1. The van der Waals surface area contributed by atoms with Gasteiger partial charge in [-0.25, -0.2) is 4.79 Å². The maximum atomic E-state index is 12.0. The van der Waals surface area contributed by atoms with Gasteiger partial charge in [-0.3, -0.25) is 14.3 Å². The Labute approximate surface area is 122 Å². The first kappa shape index (κ1) is 14.2.